The van der Waals surface area contributed by atoms with Crippen LogP contribution in [0, 0.1) is 20.8 Å². The zero-order chi connectivity index (χ0) is 22.1. The molecular formula is C23H22N4O3S. The number of thiazole rings is 1. The van der Waals surface area contributed by atoms with E-state index in [2.05, 4.69) is 15.4 Å². The van der Waals surface area contributed by atoms with Crippen LogP contribution in [0.1, 0.15) is 16.1 Å². The number of carbonyl (C=O) groups excluding carboxylic acids is 1. The summed E-state index contributed by atoms with van der Waals surface area (Å²) in [5, 5.41) is 8.16. The van der Waals surface area contributed by atoms with Gasteiger partial charge in [-0.15, -0.1) is 11.3 Å². The van der Waals surface area contributed by atoms with Gasteiger partial charge in [0.05, 0.1) is 16.8 Å². The fourth-order valence-corrected chi connectivity index (χ4v) is 4.33. The number of aromatic nitrogens is 3. The van der Waals surface area contributed by atoms with Crippen molar-refractivity contribution in [1.29, 1.82) is 0 Å². The predicted octanol–water partition coefficient (Wildman–Crippen LogP) is 4.09. The minimum Gasteiger partial charge on any atom is -0.497 e. The molecule has 4 aromatic rings. The average molecular weight is 435 g/mol. The number of fused-ring (bicyclic) bond motifs is 1. The van der Waals surface area contributed by atoms with Crippen molar-refractivity contribution in [3.05, 3.63) is 69.0 Å². The van der Waals surface area contributed by atoms with Crippen molar-refractivity contribution in [1.82, 2.24) is 14.8 Å². The van der Waals surface area contributed by atoms with E-state index in [9.17, 15) is 9.59 Å². The van der Waals surface area contributed by atoms with Crippen molar-refractivity contribution in [2.24, 2.45) is 0 Å². The molecule has 0 saturated heterocycles. The molecule has 31 heavy (non-hydrogen) atoms. The summed E-state index contributed by atoms with van der Waals surface area (Å²) in [7, 11) is 1.59. The first-order valence-corrected chi connectivity index (χ1v) is 10.6. The number of aryl methyl sites for hydroxylation is 3. The van der Waals surface area contributed by atoms with Gasteiger partial charge in [0.25, 0.3) is 5.56 Å². The van der Waals surface area contributed by atoms with Crippen LogP contribution >= 0.6 is 11.3 Å². The number of nitrogens with one attached hydrogen (secondary N) is 1. The fourth-order valence-electron chi connectivity index (χ4n) is 3.41. The summed E-state index contributed by atoms with van der Waals surface area (Å²) in [4.78, 5) is 30.1. The lowest BCUT2D eigenvalue weighted by molar-refractivity contribution is -0.117. The van der Waals surface area contributed by atoms with E-state index in [1.165, 1.54) is 16.0 Å². The second kappa shape index (κ2) is 8.31. The third-order valence-corrected chi connectivity index (χ3v) is 5.88. The third kappa shape index (κ3) is 4.20. The van der Waals surface area contributed by atoms with Crippen molar-refractivity contribution in [2.75, 3.05) is 12.4 Å². The Hall–Kier alpha value is -3.52. The molecule has 0 unspecified atom stereocenters. The molecule has 0 spiro atoms. The lowest BCUT2D eigenvalue weighted by Crippen LogP contribution is -2.30. The molecule has 1 amide bonds. The van der Waals surface area contributed by atoms with E-state index in [4.69, 9.17) is 4.74 Å². The summed E-state index contributed by atoms with van der Waals surface area (Å²) in [6.45, 7) is 5.55. The molecule has 2 heterocycles. The second-order valence-electron chi connectivity index (χ2n) is 7.32. The van der Waals surface area contributed by atoms with Crippen LogP contribution in [0.3, 0.4) is 0 Å². The lowest BCUT2D eigenvalue weighted by atomic mass is 10.1. The van der Waals surface area contributed by atoms with Crippen molar-refractivity contribution >= 4 is 33.1 Å². The molecule has 0 bridgehead atoms. The Labute approximate surface area is 183 Å². The Kier molecular flexibility index (Phi) is 5.56. The number of benzene rings is 2. The number of amides is 1. The number of carbonyl (C=O) groups is 1. The van der Waals surface area contributed by atoms with Crippen LogP contribution in [-0.2, 0) is 11.3 Å². The first kappa shape index (κ1) is 20.7. The first-order chi connectivity index (χ1) is 14.9. The van der Waals surface area contributed by atoms with Crippen LogP contribution < -0.4 is 15.6 Å². The molecule has 158 valence electrons. The van der Waals surface area contributed by atoms with Gasteiger partial charge in [-0.2, -0.15) is 5.10 Å². The number of methoxy groups -OCH3 is 1. The molecule has 0 aliphatic carbocycles. The molecule has 0 aliphatic rings. The van der Waals surface area contributed by atoms with Gasteiger partial charge >= 0.3 is 0 Å². The maximum Gasteiger partial charge on any atom is 0.294 e. The highest BCUT2D eigenvalue weighted by Crippen LogP contribution is 2.31. The van der Waals surface area contributed by atoms with Gasteiger partial charge in [0, 0.05) is 11.3 Å². The monoisotopic (exact) mass is 434 g/mol. The zero-order valence-corrected chi connectivity index (χ0v) is 18.5. The summed E-state index contributed by atoms with van der Waals surface area (Å²) >= 11 is 1.41. The van der Waals surface area contributed by atoms with E-state index in [-0.39, 0.29) is 18.0 Å². The van der Waals surface area contributed by atoms with Crippen molar-refractivity contribution in [3.8, 4) is 17.0 Å². The van der Waals surface area contributed by atoms with E-state index in [1.807, 2.05) is 63.2 Å². The molecule has 1 N–H and O–H groups in total. The largest absolute Gasteiger partial charge is 0.497 e. The Morgan fingerprint density at radius 2 is 1.97 bits per heavy atom. The standard InChI is InChI=1S/C23H22N4O3S/c1-13-8-9-18(14(2)10-13)25-19(28)12-27-23(29)21-22(31-15(3)24-21)20(26-27)16-6-5-7-17(11-16)30-4/h5-11H,12H2,1-4H3,(H,25,28). The molecule has 0 aliphatic heterocycles. The van der Waals surface area contributed by atoms with Crippen molar-refractivity contribution in [3.63, 3.8) is 0 Å². The SMILES string of the molecule is COc1cccc(-c2nn(CC(=O)Nc3ccc(C)cc3C)c(=O)c3nc(C)sc23)c1. The summed E-state index contributed by atoms with van der Waals surface area (Å²) in [6.07, 6.45) is 0. The van der Waals surface area contributed by atoms with Crippen LogP contribution in [0.4, 0.5) is 5.69 Å². The Balaban J connectivity index is 1.74. The summed E-state index contributed by atoms with van der Waals surface area (Å²) in [5.74, 6) is 0.350. The topological polar surface area (TPSA) is 86.1 Å². The van der Waals surface area contributed by atoms with E-state index in [0.29, 0.717) is 27.3 Å². The quantitative estimate of drug-likeness (QED) is 0.511. The molecular weight excluding hydrogens is 412 g/mol. The van der Waals surface area contributed by atoms with E-state index in [0.717, 1.165) is 21.7 Å². The van der Waals surface area contributed by atoms with Crippen LogP contribution in [0.15, 0.2) is 47.3 Å². The predicted molar refractivity (Wildman–Crippen MR) is 123 cm³/mol. The molecule has 8 heteroatoms. The van der Waals surface area contributed by atoms with Crippen LogP contribution in [0.25, 0.3) is 21.5 Å². The number of ether oxygens (including phenoxy) is 1. The molecule has 2 aromatic heterocycles. The zero-order valence-electron chi connectivity index (χ0n) is 17.7. The van der Waals surface area contributed by atoms with E-state index >= 15 is 0 Å². The van der Waals surface area contributed by atoms with Gasteiger partial charge in [-0.3, -0.25) is 9.59 Å². The van der Waals surface area contributed by atoms with Crippen molar-refractivity contribution in [2.45, 2.75) is 27.3 Å². The second-order valence-corrected chi connectivity index (χ2v) is 8.52. The number of anilines is 1. The van der Waals surface area contributed by atoms with Gasteiger partial charge < -0.3 is 10.1 Å². The summed E-state index contributed by atoms with van der Waals surface area (Å²) < 4.78 is 7.20. The summed E-state index contributed by atoms with van der Waals surface area (Å²) in [5.41, 5.74) is 4.09. The lowest BCUT2D eigenvalue weighted by Gasteiger charge is -2.11. The molecule has 7 nitrogen and oxygen atoms in total. The number of hydrogen-bond donors (Lipinski definition) is 1. The van der Waals surface area contributed by atoms with Gasteiger partial charge in [0.15, 0.2) is 5.52 Å². The molecule has 0 fully saturated rings. The van der Waals surface area contributed by atoms with Gasteiger partial charge in [0.2, 0.25) is 5.91 Å². The van der Waals surface area contributed by atoms with Gasteiger partial charge in [-0.25, -0.2) is 9.67 Å². The highest BCUT2D eigenvalue weighted by atomic mass is 32.1. The summed E-state index contributed by atoms with van der Waals surface area (Å²) in [6, 6.07) is 13.2. The Bertz CT molecular complexity index is 1360. The maximum absolute atomic E-state index is 13.0. The Morgan fingerprint density at radius 1 is 1.16 bits per heavy atom. The van der Waals surface area contributed by atoms with Crippen LogP contribution in [-0.4, -0.2) is 27.8 Å². The maximum atomic E-state index is 13.0. The number of nitrogens with zero attached hydrogens (tertiary/aromatic N) is 3. The smallest absolute Gasteiger partial charge is 0.294 e. The van der Waals surface area contributed by atoms with E-state index in [1.54, 1.807) is 7.11 Å². The van der Waals surface area contributed by atoms with Gasteiger partial charge in [-0.1, -0.05) is 29.8 Å². The third-order valence-electron chi connectivity index (χ3n) is 4.90. The Morgan fingerprint density at radius 3 is 2.71 bits per heavy atom. The van der Waals surface area contributed by atoms with Crippen LogP contribution in [0.2, 0.25) is 0 Å². The molecule has 0 saturated carbocycles. The highest BCUT2D eigenvalue weighted by Gasteiger charge is 2.18. The number of rotatable bonds is 5. The number of hydrogen-bond acceptors (Lipinski definition) is 6. The molecule has 0 atom stereocenters. The normalized spacial score (nSPS) is 11.0. The minimum atomic E-state index is -0.387. The molecule has 2 aromatic carbocycles. The first-order valence-electron chi connectivity index (χ1n) is 9.75. The van der Waals surface area contributed by atoms with Gasteiger partial charge in [-0.05, 0) is 44.5 Å². The average Bonchev–Trinajstić information content (AvgIpc) is 3.14. The minimum absolute atomic E-state index is 0.213. The van der Waals surface area contributed by atoms with Gasteiger partial charge in [0.1, 0.15) is 18.0 Å². The fraction of sp³-hybridized carbons (Fsp3) is 0.217. The van der Waals surface area contributed by atoms with Crippen molar-refractivity contribution < 1.29 is 9.53 Å². The van der Waals surface area contributed by atoms with E-state index < -0.39 is 0 Å². The molecule has 4 rings (SSSR count). The van der Waals surface area contributed by atoms with Crippen LogP contribution in [0.5, 0.6) is 5.75 Å². The highest BCUT2D eigenvalue weighted by molar-refractivity contribution is 7.19. The molecule has 0 radical (unpaired) electrons.